The zero-order chi connectivity index (χ0) is 13.1. The van der Waals surface area contributed by atoms with Crippen molar-refractivity contribution in [3.8, 4) is 0 Å². The third kappa shape index (κ3) is 3.48. The second-order valence-electron chi connectivity index (χ2n) is 7.16. The molecule has 2 atom stereocenters. The molecule has 0 spiro atoms. The Morgan fingerprint density at radius 1 is 1.06 bits per heavy atom. The fourth-order valence-electron chi connectivity index (χ4n) is 3.77. The average molecular weight is 252 g/mol. The smallest absolute Gasteiger partial charge is 0.0148 e. The molecule has 1 aliphatic heterocycles. The lowest BCUT2D eigenvalue weighted by Gasteiger charge is -2.49. The highest BCUT2D eigenvalue weighted by Crippen LogP contribution is 2.35. The topological polar surface area (TPSA) is 15.3 Å². The zero-order valence-corrected chi connectivity index (χ0v) is 12.8. The number of likely N-dealkylation sites (tertiary alicyclic amines) is 1. The summed E-state index contributed by atoms with van der Waals surface area (Å²) in [5, 5.41) is 3.89. The summed E-state index contributed by atoms with van der Waals surface area (Å²) in [6.07, 6.45) is 5.67. The van der Waals surface area contributed by atoms with Crippen molar-refractivity contribution < 1.29 is 0 Å². The molecule has 2 bridgehead atoms. The lowest BCUT2D eigenvalue weighted by molar-refractivity contribution is 0.0294. The van der Waals surface area contributed by atoms with Crippen molar-refractivity contribution in [2.24, 2.45) is 17.8 Å². The molecule has 2 heteroatoms. The number of fused-ring (bicyclic) bond motifs is 2. The van der Waals surface area contributed by atoms with Crippen LogP contribution in [0.25, 0.3) is 0 Å². The van der Waals surface area contributed by atoms with Gasteiger partial charge in [-0.25, -0.2) is 0 Å². The van der Waals surface area contributed by atoms with E-state index >= 15 is 0 Å². The van der Waals surface area contributed by atoms with Gasteiger partial charge in [0.05, 0.1) is 0 Å². The number of nitrogens with zero attached hydrogens (tertiary/aromatic N) is 1. The monoisotopic (exact) mass is 252 g/mol. The minimum absolute atomic E-state index is 0.727. The predicted molar refractivity (Wildman–Crippen MR) is 78.8 cm³/mol. The Balaban J connectivity index is 1.87. The molecular formula is C16H32N2. The Kier molecular flexibility index (Phi) is 5.08. The van der Waals surface area contributed by atoms with Crippen molar-refractivity contribution in [2.45, 2.75) is 65.5 Å². The summed E-state index contributed by atoms with van der Waals surface area (Å²) in [5.41, 5.74) is 0. The lowest BCUT2D eigenvalue weighted by atomic mass is 9.73. The van der Waals surface area contributed by atoms with Gasteiger partial charge in [0.2, 0.25) is 0 Å². The van der Waals surface area contributed by atoms with Crippen LogP contribution >= 0.6 is 0 Å². The van der Waals surface area contributed by atoms with E-state index in [1.165, 1.54) is 45.3 Å². The highest BCUT2D eigenvalue weighted by molar-refractivity contribution is 4.95. The van der Waals surface area contributed by atoms with E-state index in [9.17, 15) is 0 Å². The summed E-state index contributed by atoms with van der Waals surface area (Å²) >= 11 is 0. The summed E-state index contributed by atoms with van der Waals surface area (Å²) < 4.78 is 0. The molecule has 2 fully saturated rings. The molecule has 1 saturated carbocycles. The molecule has 0 aromatic carbocycles. The normalized spacial score (nSPS) is 33.3. The lowest BCUT2D eigenvalue weighted by Crippen LogP contribution is -2.58. The summed E-state index contributed by atoms with van der Waals surface area (Å²) in [7, 11) is 0. The van der Waals surface area contributed by atoms with Crippen molar-refractivity contribution in [3.05, 3.63) is 0 Å². The fraction of sp³-hybridized carbons (Fsp3) is 1.00. The molecule has 0 amide bonds. The molecule has 0 aromatic rings. The van der Waals surface area contributed by atoms with Crippen molar-refractivity contribution in [3.63, 3.8) is 0 Å². The highest BCUT2D eigenvalue weighted by Gasteiger charge is 2.39. The maximum Gasteiger partial charge on any atom is 0.0148 e. The van der Waals surface area contributed by atoms with Crippen LogP contribution < -0.4 is 5.32 Å². The molecular weight excluding hydrogens is 220 g/mol. The van der Waals surface area contributed by atoms with Crippen LogP contribution in [-0.2, 0) is 0 Å². The van der Waals surface area contributed by atoms with Crippen LogP contribution in [-0.4, -0.2) is 36.6 Å². The quantitative estimate of drug-likeness (QED) is 0.809. The Bertz CT molecular complexity index is 235. The van der Waals surface area contributed by atoms with E-state index in [0.717, 1.165) is 29.8 Å². The minimum Gasteiger partial charge on any atom is -0.313 e. The summed E-state index contributed by atoms with van der Waals surface area (Å²) in [6.45, 7) is 13.2. The van der Waals surface area contributed by atoms with Crippen molar-refractivity contribution in [2.75, 3.05) is 19.6 Å². The standard InChI is InChI=1S/C16H32N2/c1-12(2)8-9-17-16-14-6-5-7-15(16)11-18(10-14)13(3)4/h12-17H,5-11H2,1-4H3. The number of rotatable bonds is 5. The highest BCUT2D eigenvalue weighted by atomic mass is 15.2. The van der Waals surface area contributed by atoms with Crippen LogP contribution in [0.4, 0.5) is 0 Å². The van der Waals surface area contributed by atoms with Crippen LogP contribution in [0.2, 0.25) is 0 Å². The van der Waals surface area contributed by atoms with Gasteiger partial charge in [-0.3, -0.25) is 0 Å². The van der Waals surface area contributed by atoms with Crippen LogP contribution in [0, 0.1) is 17.8 Å². The molecule has 2 unspecified atom stereocenters. The summed E-state index contributed by atoms with van der Waals surface area (Å²) in [6, 6.07) is 1.54. The summed E-state index contributed by atoms with van der Waals surface area (Å²) in [4.78, 5) is 2.70. The molecule has 2 rings (SSSR count). The van der Waals surface area contributed by atoms with E-state index in [4.69, 9.17) is 0 Å². The van der Waals surface area contributed by atoms with Gasteiger partial charge >= 0.3 is 0 Å². The first-order chi connectivity index (χ1) is 8.58. The van der Waals surface area contributed by atoms with Crippen LogP contribution in [0.1, 0.15) is 53.4 Å². The first kappa shape index (κ1) is 14.3. The van der Waals surface area contributed by atoms with Gasteiger partial charge in [-0.1, -0.05) is 20.3 Å². The molecule has 106 valence electrons. The van der Waals surface area contributed by atoms with Gasteiger partial charge in [-0.15, -0.1) is 0 Å². The first-order valence-corrected chi connectivity index (χ1v) is 8.05. The van der Waals surface area contributed by atoms with Crippen LogP contribution in [0.5, 0.6) is 0 Å². The van der Waals surface area contributed by atoms with Gasteiger partial charge in [0.15, 0.2) is 0 Å². The molecule has 1 N–H and O–H groups in total. The van der Waals surface area contributed by atoms with Gasteiger partial charge in [-0.2, -0.15) is 0 Å². The molecule has 1 saturated heterocycles. The van der Waals surface area contributed by atoms with Gasteiger partial charge in [0.1, 0.15) is 0 Å². The van der Waals surface area contributed by atoms with E-state index in [-0.39, 0.29) is 0 Å². The molecule has 2 aliphatic rings. The Morgan fingerprint density at radius 2 is 1.67 bits per heavy atom. The van der Waals surface area contributed by atoms with Crippen molar-refractivity contribution >= 4 is 0 Å². The number of piperidine rings is 1. The maximum absolute atomic E-state index is 3.89. The van der Waals surface area contributed by atoms with Gasteiger partial charge < -0.3 is 10.2 Å². The molecule has 1 heterocycles. The second-order valence-corrected chi connectivity index (χ2v) is 7.16. The minimum atomic E-state index is 0.727. The van der Waals surface area contributed by atoms with Gasteiger partial charge in [0.25, 0.3) is 0 Å². The average Bonchev–Trinajstić information content (AvgIpc) is 2.27. The molecule has 0 radical (unpaired) electrons. The number of hydrogen-bond donors (Lipinski definition) is 1. The van der Waals surface area contributed by atoms with Gasteiger partial charge in [-0.05, 0) is 57.4 Å². The second kappa shape index (κ2) is 6.38. The van der Waals surface area contributed by atoms with Gasteiger partial charge in [0, 0.05) is 25.2 Å². The maximum atomic E-state index is 3.89. The SMILES string of the molecule is CC(C)CCNC1C2CCCC1CN(C(C)C)C2. The molecule has 18 heavy (non-hydrogen) atoms. The molecule has 1 aliphatic carbocycles. The van der Waals surface area contributed by atoms with E-state index < -0.39 is 0 Å². The van der Waals surface area contributed by atoms with E-state index in [1.807, 2.05) is 0 Å². The first-order valence-electron chi connectivity index (χ1n) is 8.05. The molecule has 2 nitrogen and oxygen atoms in total. The Hall–Kier alpha value is -0.0800. The van der Waals surface area contributed by atoms with Crippen LogP contribution in [0.3, 0.4) is 0 Å². The van der Waals surface area contributed by atoms with Crippen LogP contribution in [0.15, 0.2) is 0 Å². The number of hydrogen-bond acceptors (Lipinski definition) is 2. The van der Waals surface area contributed by atoms with Crippen molar-refractivity contribution in [1.29, 1.82) is 0 Å². The third-order valence-electron chi connectivity index (χ3n) is 4.94. The Morgan fingerprint density at radius 3 is 2.17 bits per heavy atom. The predicted octanol–water partition coefficient (Wildman–Crippen LogP) is 3.13. The van der Waals surface area contributed by atoms with E-state index in [0.29, 0.717) is 0 Å². The fourth-order valence-corrected chi connectivity index (χ4v) is 3.77. The largest absolute Gasteiger partial charge is 0.313 e. The summed E-state index contributed by atoms with van der Waals surface area (Å²) in [5.74, 6) is 2.65. The van der Waals surface area contributed by atoms with Crippen molar-refractivity contribution in [1.82, 2.24) is 10.2 Å². The third-order valence-corrected chi connectivity index (χ3v) is 4.94. The number of nitrogens with one attached hydrogen (secondary N) is 1. The molecule has 0 aromatic heterocycles. The van der Waals surface area contributed by atoms with E-state index in [2.05, 4.69) is 37.9 Å². The Labute approximate surface area is 114 Å². The zero-order valence-electron chi connectivity index (χ0n) is 12.8. The van der Waals surface area contributed by atoms with E-state index in [1.54, 1.807) is 0 Å².